The van der Waals surface area contributed by atoms with E-state index in [0.29, 0.717) is 0 Å². The highest BCUT2D eigenvalue weighted by Crippen LogP contribution is 2.30. The lowest BCUT2D eigenvalue weighted by atomic mass is 10.1. The Labute approximate surface area is 132 Å². The molecule has 20 heavy (non-hydrogen) atoms. The van der Waals surface area contributed by atoms with Crippen LogP contribution in [0.5, 0.6) is 11.5 Å². The van der Waals surface area contributed by atoms with Gasteiger partial charge in [0, 0.05) is 21.9 Å². The first-order valence-electron chi connectivity index (χ1n) is 6.33. The van der Waals surface area contributed by atoms with Crippen molar-refractivity contribution in [2.75, 3.05) is 14.2 Å². The van der Waals surface area contributed by atoms with Crippen molar-refractivity contribution in [2.45, 2.75) is 19.5 Å². The first kappa shape index (κ1) is 15.4. The number of benzene rings is 1. The van der Waals surface area contributed by atoms with Gasteiger partial charge in [0.1, 0.15) is 0 Å². The number of nitrogens with one attached hydrogen (secondary N) is 1. The molecule has 1 heterocycles. The third-order valence-corrected chi connectivity index (χ3v) is 5.09. The van der Waals surface area contributed by atoms with Gasteiger partial charge in [0.25, 0.3) is 0 Å². The maximum Gasteiger partial charge on any atom is 0.161 e. The summed E-state index contributed by atoms with van der Waals surface area (Å²) in [5, 5.41) is 5.60. The minimum absolute atomic E-state index is 0.240. The molecule has 0 saturated carbocycles. The highest BCUT2D eigenvalue weighted by molar-refractivity contribution is 9.10. The van der Waals surface area contributed by atoms with E-state index in [9.17, 15) is 0 Å². The monoisotopic (exact) mass is 355 g/mol. The van der Waals surface area contributed by atoms with Crippen molar-refractivity contribution >= 4 is 27.3 Å². The fraction of sp³-hybridized carbons (Fsp3) is 0.333. The van der Waals surface area contributed by atoms with E-state index in [-0.39, 0.29) is 6.04 Å². The van der Waals surface area contributed by atoms with E-state index in [0.717, 1.165) is 22.5 Å². The molecule has 0 amide bonds. The van der Waals surface area contributed by atoms with E-state index in [1.807, 2.05) is 12.1 Å². The molecule has 0 aliphatic rings. The average Bonchev–Trinajstić information content (AvgIpc) is 2.89. The van der Waals surface area contributed by atoms with E-state index < -0.39 is 0 Å². The molecule has 0 spiro atoms. The maximum absolute atomic E-state index is 5.34. The Morgan fingerprint density at radius 1 is 1.20 bits per heavy atom. The second-order valence-electron chi connectivity index (χ2n) is 4.41. The Kier molecular flexibility index (Phi) is 5.46. The lowest BCUT2D eigenvalue weighted by Crippen LogP contribution is -2.17. The predicted molar refractivity (Wildman–Crippen MR) is 86.8 cm³/mol. The Morgan fingerprint density at radius 3 is 2.55 bits per heavy atom. The molecule has 0 aliphatic carbocycles. The molecule has 0 fully saturated rings. The van der Waals surface area contributed by atoms with Crippen LogP contribution in [-0.4, -0.2) is 14.2 Å². The van der Waals surface area contributed by atoms with Crippen LogP contribution in [-0.2, 0) is 6.54 Å². The standard InChI is InChI=1S/C15H18BrNO2S/c1-10(17-9-15-12(16)6-7-20-15)11-4-5-13(18-2)14(8-11)19-3/h4-8,10,17H,9H2,1-3H3. The molecule has 108 valence electrons. The molecular weight excluding hydrogens is 338 g/mol. The van der Waals surface area contributed by atoms with Crippen molar-refractivity contribution in [2.24, 2.45) is 0 Å². The third kappa shape index (κ3) is 3.53. The molecule has 3 nitrogen and oxygen atoms in total. The summed E-state index contributed by atoms with van der Waals surface area (Å²) >= 11 is 5.29. The molecule has 1 unspecified atom stereocenters. The first-order chi connectivity index (χ1) is 9.65. The molecule has 0 saturated heterocycles. The Bertz CT molecular complexity index is 571. The van der Waals surface area contributed by atoms with Crippen molar-refractivity contribution in [1.82, 2.24) is 5.32 Å². The zero-order chi connectivity index (χ0) is 14.5. The van der Waals surface area contributed by atoms with Gasteiger partial charge in [-0.3, -0.25) is 0 Å². The topological polar surface area (TPSA) is 30.5 Å². The van der Waals surface area contributed by atoms with Crippen LogP contribution in [0, 0.1) is 0 Å². The summed E-state index contributed by atoms with van der Waals surface area (Å²) in [6, 6.07) is 8.32. The molecule has 2 rings (SSSR count). The summed E-state index contributed by atoms with van der Waals surface area (Å²) < 4.78 is 11.8. The lowest BCUT2D eigenvalue weighted by molar-refractivity contribution is 0.354. The highest BCUT2D eigenvalue weighted by Gasteiger charge is 2.10. The number of thiophene rings is 1. The fourth-order valence-electron chi connectivity index (χ4n) is 1.94. The molecule has 0 aliphatic heterocycles. The van der Waals surface area contributed by atoms with Gasteiger partial charge in [0.15, 0.2) is 11.5 Å². The SMILES string of the molecule is COc1ccc(C(C)NCc2sccc2Br)cc1OC. The van der Waals surface area contributed by atoms with Crippen LogP contribution < -0.4 is 14.8 Å². The van der Waals surface area contributed by atoms with E-state index in [4.69, 9.17) is 9.47 Å². The smallest absolute Gasteiger partial charge is 0.161 e. The second-order valence-corrected chi connectivity index (χ2v) is 6.26. The number of hydrogen-bond donors (Lipinski definition) is 1. The predicted octanol–water partition coefficient (Wildman–Crippen LogP) is 4.38. The molecule has 1 atom stereocenters. The summed E-state index contributed by atoms with van der Waals surface area (Å²) in [6.07, 6.45) is 0. The van der Waals surface area contributed by atoms with Gasteiger partial charge in [0.2, 0.25) is 0 Å². The van der Waals surface area contributed by atoms with Crippen molar-refractivity contribution in [1.29, 1.82) is 0 Å². The van der Waals surface area contributed by atoms with Gasteiger partial charge in [0.05, 0.1) is 14.2 Å². The minimum Gasteiger partial charge on any atom is -0.493 e. The molecule has 1 N–H and O–H groups in total. The zero-order valence-corrected chi connectivity index (χ0v) is 14.2. The summed E-state index contributed by atoms with van der Waals surface area (Å²) in [5.74, 6) is 1.51. The quantitative estimate of drug-likeness (QED) is 0.833. The molecule has 2 aromatic rings. The maximum atomic E-state index is 5.34. The number of hydrogen-bond acceptors (Lipinski definition) is 4. The van der Waals surface area contributed by atoms with Crippen LogP contribution in [0.3, 0.4) is 0 Å². The molecule has 0 radical (unpaired) electrons. The third-order valence-electron chi connectivity index (χ3n) is 3.17. The van der Waals surface area contributed by atoms with Gasteiger partial charge in [-0.15, -0.1) is 11.3 Å². The highest BCUT2D eigenvalue weighted by atomic mass is 79.9. The molecule has 1 aromatic heterocycles. The zero-order valence-electron chi connectivity index (χ0n) is 11.8. The van der Waals surface area contributed by atoms with Gasteiger partial charge in [-0.1, -0.05) is 6.07 Å². The van der Waals surface area contributed by atoms with Crippen molar-refractivity contribution in [3.8, 4) is 11.5 Å². The van der Waals surface area contributed by atoms with Gasteiger partial charge >= 0.3 is 0 Å². The van der Waals surface area contributed by atoms with Gasteiger partial charge in [-0.2, -0.15) is 0 Å². The minimum atomic E-state index is 0.240. The van der Waals surface area contributed by atoms with Crippen LogP contribution >= 0.6 is 27.3 Å². The number of methoxy groups -OCH3 is 2. The molecular formula is C15H18BrNO2S. The summed E-state index contributed by atoms with van der Waals surface area (Å²) in [7, 11) is 3.30. The van der Waals surface area contributed by atoms with Crippen molar-refractivity contribution in [3.05, 3.63) is 44.6 Å². The van der Waals surface area contributed by atoms with E-state index in [1.54, 1.807) is 25.6 Å². The van der Waals surface area contributed by atoms with Gasteiger partial charge in [-0.25, -0.2) is 0 Å². The largest absolute Gasteiger partial charge is 0.493 e. The van der Waals surface area contributed by atoms with Crippen LogP contribution in [0.25, 0.3) is 0 Å². The molecule has 5 heteroatoms. The number of halogens is 1. The van der Waals surface area contributed by atoms with Crippen LogP contribution in [0.1, 0.15) is 23.4 Å². The van der Waals surface area contributed by atoms with Crippen LogP contribution in [0.15, 0.2) is 34.1 Å². The summed E-state index contributed by atoms with van der Waals surface area (Å²) in [4.78, 5) is 1.30. The van der Waals surface area contributed by atoms with Gasteiger partial charge < -0.3 is 14.8 Å². The Balaban J connectivity index is 2.05. The van der Waals surface area contributed by atoms with E-state index >= 15 is 0 Å². The van der Waals surface area contributed by atoms with Crippen LogP contribution in [0.4, 0.5) is 0 Å². The van der Waals surface area contributed by atoms with Gasteiger partial charge in [-0.05, 0) is 52.0 Å². The average molecular weight is 356 g/mol. The van der Waals surface area contributed by atoms with E-state index in [1.165, 1.54) is 10.4 Å². The fourth-order valence-corrected chi connectivity index (χ4v) is 3.38. The Hall–Kier alpha value is -1.04. The second kappa shape index (κ2) is 7.11. The number of rotatable bonds is 6. The van der Waals surface area contributed by atoms with E-state index in [2.05, 4.69) is 45.7 Å². The van der Waals surface area contributed by atoms with Crippen LogP contribution in [0.2, 0.25) is 0 Å². The summed E-state index contributed by atoms with van der Waals surface area (Å²) in [6.45, 7) is 2.98. The first-order valence-corrected chi connectivity index (χ1v) is 8.00. The van der Waals surface area contributed by atoms with Crippen molar-refractivity contribution in [3.63, 3.8) is 0 Å². The lowest BCUT2D eigenvalue weighted by Gasteiger charge is -2.16. The number of ether oxygens (including phenoxy) is 2. The summed E-state index contributed by atoms with van der Waals surface area (Å²) in [5.41, 5.74) is 1.18. The normalized spacial score (nSPS) is 12.2. The van der Waals surface area contributed by atoms with Crippen molar-refractivity contribution < 1.29 is 9.47 Å². The Morgan fingerprint density at radius 2 is 1.95 bits per heavy atom. The molecule has 0 bridgehead atoms. The molecule has 1 aromatic carbocycles.